The van der Waals surface area contributed by atoms with Gasteiger partial charge in [0.05, 0.1) is 5.56 Å². The summed E-state index contributed by atoms with van der Waals surface area (Å²) < 4.78 is 5.18. The number of benzene rings is 2. The number of hydrogen-bond acceptors (Lipinski definition) is 5. The molecule has 6 heteroatoms. The summed E-state index contributed by atoms with van der Waals surface area (Å²) in [7, 11) is 0. The predicted molar refractivity (Wildman–Crippen MR) is 95.5 cm³/mol. The number of nitrogens with two attached hydrogens (primary N) is 1. The van der Waals surface area contributed by atoms with Crippen LogP contribution in [0.2, 0.25) is 0 Å². The highest BCUT2D eigenvalue weighted by Gasteiger charge is 2.21. The van der Waals surface area contributed by atoms with Crippen molar-refractivity contribution in [1.29, 1.82) is 0 Å². The molecule has 0 saturated heterocycles. The van der Waals surface area contributed by atoms with Gasteiger partial charge in [0, 0.05) is 16.9 Å². The van der Waals surface area contributed by atoms with Gasteiger partial charge in [-0.1, -0.05) is 12.1 Å². The number of rotatable bonds is 5. The van der Waals surface area contributed by atoms with Crippen molar-refractivity contribution in [3.63, 3.8) is 0 Å². The molecule has 1 amide bonds. The quantitative estimate of drug-likeness (QED) is 0.495. The van der Waals surface area contributed by atoms with Crippen LogP contribution in [0.3, 0.4) is 0 Å². The zero-order valence-electron chi connectivity index (χ0n) is 14.3. The maximum absolute atomic E-state index is 12.2. The number of ketones is 1. The number of nitrogens with one attached hydrogen (secondary N) is 1. The predicted octanol–water partition coefficient (Wildman–Crippen LogP) is 2.96. The summed E-state index contributed by atoms with van der Waals surface area (Å²) in [5, 5.41) is 2.63. The molecule has 0 heterocycles. The largest absolute Gasteiger partial charge is 0.449 e. The molecule has 6 nitrogen and oxygen atoms in total. The fourth-order valence-electron chi connectivity index (χ4n) is 2.17. The van der Waals surface area contributed by atoms with Crippen molar-refractivity contribution in [1.82, 2.24) is 0 Å². The molecule has 25 heavy (non-hydrogen) atoms. The number of nitrogen functional groups attached to an aromatic ring is 1. The van der Waals surface area contributed by atoms with Crippen LogP contribution in [0.15, 0.2) is 42.5 Å². The third-order valence-corrected chi connectivity index (χ3v) is 3.76. The standard InChI is InChI=1S/C19H20N2O4/c1-11-5-4-6-16(17(11)20)19(24)25-13(3)18(23)21-15-9-7-14(8-10-15)12(2)22/h4-10,13H,20H2,1-3H3,(H,21,23). The van der Waals surface area contributed by atoms with Gasteiger partial charge in [0.25, 0.3) is 5.91 Å². The van der Waals surface area contributed by atoms with E-state index in [4.69, 9.17) is 10.5 Å². The van der Waals surface area contributed by atoms with E-state index in [-0.39, 0.29) is 11.3 Å². The lowest BCUT2D eigenvalue weighted by atomic mass is 10.1. The summed E-state index contributed by atoms with van der Waals surface area (Å²) in [5.41, 5.74) is 8.25. The summed E-state index contributed by atoms with van der Waals surface area (Å²) in [5.74, 6) is -1.19. The maximum Gasteiger partial charge on any atom is 0.341 e. The van der Waals surface area contributed by atoms with Crippen LogP contribution in [0.4, 0.5) is 11.4 Å². The molecule has 1 unspecified atom stereocenters. The molecular formula is C19H20N2O4. The Hall–Kier alpha value is -3.15. The van der Waals surface area contributed by atoms with E-state index in [0.29, 0.717) is 16.9 Å². The highest BCUT2D eigenvalue weighted by Crippen LogP contribution is 2.18. The van der Waals surface area contributed by atoms with Gasteiger partial charge < -0.3 is 15.8 Å². The van der Waals surface area contributed by atoms with Crippen molar-refractivity contribution in [2.24, 2.45) is 0 Å². The number of carbonyl (C=O) groups excluding carboxylic acids is 3. The van der Waals surface area contributed by atoms with Gasteiger partial charge in [0.1, 0.15) is 0 Å². The second-order valence-electron chi connectivity index (χ2n) is 5.71. The Morgan fingerprint density at radius 3 is 2.32 bits per heavy atom. The van der Waals surface area contributed by atoms with Crippen LogP contribution in [-0.2, 0) is 9.53 Å². The molecule has 0 saturated carbocycles. The molecule has 0 aromatic heterocycles. The van der Waals surface area contributed by atoms with Crippen LogP contribution in [-0.4, -0.2) is 23.8 Å². The molecule has 2 aromatic carbocycles. The van der Waals surface area contributed by atoms with Crippen LogP contribution in [0.1, 0.15) is 40.1 Å². The minimum Gasteiger partial charge on any atom is -0.449 e. The van der Waals surface area contributed by atoms with Gasteiger partial charge in [-0.15, -0.1) is 0 Å². The average Bonchev–Trinajstić information content (AvgIpc) is 2.57. The third-order valence-electron chi connectivity index (χ3n) is 3.76. The summed E-state index contributed by atoms with van der Waals surface area (Å²) >= 11 is 0. The van der Waals surface area contributed by atoms with E-state index in [1.54, 1.807) is 49.4 Å². The molecule has 2 aromatic rings. The lowest BCUT2D eigenvalue weighted by Gasteiger charge is -2.15. The van der Waals surface area contributed by atoms with E-state index in [1.165, 1.54) is 13.8 Å². The number of amides is 1. The van der Waals surface area contributed by atoms with E-state index < -0.39 is 18.0 Å². The first-order valence-corrected chi connectivity index (χ1v) is 7.77. The molecule has 0 bridgehead atoms. The molecule has 2 rings (SSSR count). The van der Waals surface area contributed by atoms with Crippen molar-refractivity contribution < 1.29 is 19.1 Å². The Kier molecular flexibility index (Phi) is 5.54. The smallest absolute Gasteiger partial charge is 0.341 e. The first-order chi connectivity index (χ1) is 11.8. The third kappa shape index (κ3) is 4.44. The van der Waals surface area contributed by atoms with Gasteiger partial charge in [-0.25, -0.2) is 4.79 Å². The fourth-order valence-corrected chi connectivity index (χ4v) is 2.17. The Bertz CT molecular complexity index is 813. The van der Waals surface area contributed by atoms with Gasteiger partial charge >= 0.3 is 5.97 Å². The fraction of sp³-hybridized carbons (Fsp3) is 0.211. The summed E-state index contributed by atoms with van der Waals surface area (Å²) in [6.07, 6.45) is -1.00. The topological polar surface area (TPSA) is 98.5 Å². The molecule has 0 fully saturated rings. The summed E-state index contributed by atoms with van der Waals surface area (Å²) in [6, 6.07) is 11.5. The first-order valence-electron chi connectivity index (χ1n) is 7.77. The average molecular weight is 340 g/mol. The molecular weight excluding hydrogens is 320 g/mol. The number of hydrogen-bond donors (Lipinski definition) is 2. The molecule has 3 N–H and O–H groups in total. The van der Waals surface area contributed by atoms with Crippen molar-refractivity contribution in [3.8, 4) is 0 Å². The second-order valence-corrected chi connectivity index (χ2v) is 5.71. The van der Waals surface area contributed by atoms with Gasteiger partial charge in [-0.2, -0.15) is 0 Å². The van der Waals surface area contributed by atoms with E-state index in [0.717, 1.165) is 5.56 Å². The summed E-state index contributed by atoms with van der Waals surface area (Å²) in [6.45, 7) is 4.72. The Morgan fingerprint density at radius 2 is 1.72 bits per heavy atom. The maximum atomic E-state index is 12.2. The number of ether oxygens (including phenoxy) is 1. The first kappa shape index (κ1) is 18.2. The van der Waals surface area contributed by atoms with Gasteiger partial charge in [-0.3, -0.25) is 9.59 Å². The lowest BCUT2D eigenvalue weighted by molar-refractivity contribution is -0.123. The molecule has 130 valence electrons. The van der Waals surface area contributed by atoms with E-state index in [1.807, 2.05) is 0 Å². The molecule has 0 spiro atoms. The zero-order valence-corrected chi connectivity index (χ0v) is 14.3. The van der Waals surface area contributed by atoms with Crippen LogP contribution >= 0.6 is 0 Å². The van der Waals surface area contributed by atoms with Crippen LogP contribution < -0.4 is 11.1 Å². The molecule has 0 aliphatic rings. The number of carbonyl (C=O) groups is 3. The van der Waals surface area contributed by atoms with E-state index in [9.17, 15) is 14.4 Å². The number of esters is 1. The van der Waals surface area contributed by atoms with Crippen molar-refractivity contribution >= 4 is 29.0 Å². The van der Waals surface area contributed by atoms with Gasteiger partial charge in [-0.05, 0) is 56.7 Å². The highest BCUT2D eigenvalue weighted by molar-refractivity contribution is 6.00. The van der Waals surface area contributed by atoms with Crippen molar-refractivity contribution in [2.45, 2.75) is 26.9 Å². The minimum absolute atomic E-state index is 0.0593. The SMILES string of the molecule is CC(=O)c1ccc(NC(=O)C(C)OC(=O)c2cccc(C)c2N)cc1. The molecule has 1 atom stereocenters. The van der Waals surface area contributed by atoms with Crippen LogP contribution in [0.5, 0.6) is 0 Å². The number of Topliss-reactive ketones (excluding diaryl/α,β-unsaturated/α-hetero) is 1. The number of para-hydroxylation sites is 1. The number of aryl methyl sites for hydroxylation is 1. The Morgan fingerprint density at radius 1 is 1.08 bits per heavy atom. The Balaban J connectivity index is 2.01. The lowest BCUT2D eigenvalue weighted by Crippen LogP contribution is -2.30. The highest BCUT2D eigenvalue weighted by atomic mass is 16.5. The van der Waals surface area contributed by atoms with Gasteiger partial charge in [0.2, 0.25) is 0 Å². The van der Waals surface area contributed by atoms with E-state index in [2.05, 4.69) is 5.32 Å². The molecule has 0 aliphatic heterocycles. The Labute approximate surface area is 146 Å². The minimum atomic E-state index is -1.00. The number of anilines is 2. The van der Waals surface area contributed by atoms with Crippen LogP contribution in [0.25, 0.3) is 0 Å². The summed E-state index contributed by atoms with van der Waals surface area (Å²) in [4.78, 5) is 35.6. The second kappa shape index (κ2) is 7.61. The van der Waals surface area contributed by atoms with E-state index >= 15 is 0 Å². The van der Waals surface area contributed by atoms with Gasteiger partial charge in [0.15, 0.2) is 11.9 Å². The van der Waals surface area contributed by atoms with Crippen molar-refractivity contribution in [2.75, 3.05) is 11.1 Å². The van der Waals surface area contributed by atoms with Crippen LogP contribution in [0, 0.1) is 6.92 Å². The molecule has 0 radical (unpaired) electrons. The monoisotopic (exact) mass is 340 g/mol. The van der Waals surface area contributed by atoms with Crippen molar-refractivity contribution in [3.05, 3.63) is 59.2 Å². The zero-order chi connectivity index (χ0) is 18.6. The normalized spacial score (nSPS) is 11.5. The molecule has 0 aliphatic carbocycles.